The molecule has 1 aromatic heterocycles. The Bertz CT molecular complexity index is 670. The van der Waals surface area contributed by atoms with Crippen LogP contribution in [0, 0.1) is 5.92 Å². The number of amides is 1. The molecule has 1 heterocycles. The highest BCUT2D eigenvalue weighted by atomic mass is 32.1. The average Bonchev–Trinajstić information content (AvgIpc) is 2.84. The van der Waals surface area contributed by atoms with Crippen LogP contribution in [0.5, 0.6) is 0 Å². The molecule has 0 spiro atoms. The monoisotopic (exact) mass is 318 g/mol. The molecule has 0 unspecified atom stereocenters. The predicted molar refractivity (Wildman–Crippen MR) is 90.1 cm³/mol. The molecule has 1 N–H and O–H groups in total. The van der Waals surface area contributed by atoms with Crippen molar-refractivity contribution in [1.82, 2.24) is 9.88 Å². The standard InChI is InChI=1S/C17H22N2O2S/c1-12(2)10-14-4-6-15(7-5-14)13(3)18-16(20)11-19-8-9-22-17(19)21/h4-9,12-13H,10-11H2,1-3H3,(H,18,20)/t13-/m1/s1. The third-order valence-corrected chi connectivity index (χ3v) is 4.15. The van der Waals surface area contributed by atoms with Gasteiger partial charge in [0.1, 0.15) is 6.54 Å². The van der Waals surface area contributed by atoms with Gasteiger partial charge in [-0.1, -0.05) is 49.4 Å². The van der Waals surface area contributed by atoms with E-state index in [9.17, 15) is 9.59 Å². The average molecular weight is 318 g/mol. The Morgan fingerprint density at radius 2 is 1.91 bits per heavy atom. The number of nitrogens with one attached hydrogen (secondary N) is 1. The molecule has 0 bridgehead atoms. The van der Waals surface area contributed by atoms with Crippen molar-refractivity contribution in [3.8, 4) is 0 Å². The van der Waals surface area contributed by atoms with Crippen LogP contribution in [0.2, 0.25) is 0 Å². The van der Waals surface area contributed by atoms with Crippen molar-refractivity contribution >= 4 is 17.2 Å². The van der Waals surface area contributed by atoms with Crippen LogP contribution in [0.15, 0.2) is 40.6 Å². The molecule has 0 aliphatic heterocycles. The molecule has 5 heteroatoms. The molecule has 0 aliphatic carbocycles. The molecule has 22 heavy (non-hydrogen) atoms. The van der Waals surface area contributed by atoms with Crippen LogP contribution in [0.4, 0.5) is 0 Å². The number of rotatable bonds is 6. The molecule has 1 amide bonds. The number of hydrogen-bond acceptors (Lipinski definition) is 3. The van der Waals surface area contributed by atoms with Gasteiger partial charge in [0.2, 0.25) is 5.91 Å². The van der Waals surface area contributed by atoms with Crippen LogP contribution < -0.4 is 10.2 Å². The zero-order valence-corrected chi connectivity index (χ0v) is 14.0. The third kappa shape index (κ3) is 4.56. The van der Waals surface area contributed by atoms with Gasteiger partial charge in [0, 0.05) is 11.6 Å². The summed E-state index contributed by atoms with van der Waals surface area (Å²) in [5, 5.41) is 4.61. The van der Waals surface area contributed by atoms with Crippen molar-refractivity contribution in [2.75, 3.05) is 0 Å². The van der Waals surface area contributed by atoms with E-state index in [1.165, 1.54) is 10.1 Å². The Kier molecular flexibility index (Phi) is 5.55. The van der Waals surface area contributed by atoms with Crippen LogP contribution in [-0.4, -0.2) is 10.5 Å². The molecule has 118 valence electrons. The fraction of sp³-hybridized carbons (Fsp3) is 0.412. The molecule has 2 rings (SSSR count). The maximum Gasteiger partial charge on any atom is 0.307 e. The van der Waals surface area contributed by atoms with Crippen molar-refractivity contribution < 1.29 is 4.79 Å². The minimum absolute atomic E-state index is 0.0676. The Morgan fingerprint density at radius 3 is 2.45 bits per heavy atom. The van der Waals surface area contributed by atoms with Gasteiger partial charge in [-0.2, -0.15) is 0 Å². The summed E-state index contributed by atoms with van der Waals surface area (Å²) in [4.78, 5) is 23.3. The van der Waals surface area contributed by atoms with E-state index in [0.717, 1.165) is 23.3 Å². The molecule has 0 saturated heterocycles. The van der Waals surface area contributed by atoms with Gasteiger partial charge in [-0.25, -0.2) is 0 Å². The lowest BCUT2D eigenvalue weighted by Gasteiger charge is -2.15. The lowest BCUT2D eigenvalue weighted by atomic mass is 10.00. The fourth-order valence-corrected chi connectivity index (χ4v) is 2.93. The highest BCUT2D eigenvalue weighted by Crippen LogP contribution is 2.15. The van der Waals surface area contributed by atoms with E-state index in [0.29, 0.717) is 5.92 Å². The van der Waals surface area contributed by atoms with Crippen molar-refractivity contribution in [3.05, 3.63) is 56.6 Å². The van der Waals surface area contributed by atoms with E-state index in [2.05, 4.69) is 43.4 Å². The van der Waals surface area contributed by atoms with Gasteiger partial charge in [0.15, 0.2) is 0 Å². The summed E-state index contributed by atoms with van der Waals surface area (Å²) in [7, 11) is 0. The molecule has 0 radical (unpaired) electrons. The predicted octanol–water partition coefficient (Wildman–Crippen LogP) is 2.99. The number of carbonyl (C=O) groups is 1. The summed E-state index contributed by atoms with van der Waals surface area (Å²) >= 11 is 1.10. The first kappa shape index (κ1) is 16.5. The molecule has 0 fully saturated rings. The molecule has 4 nitrogen and oxygen atoms in total. The second-order valence-electron chi connectivity index (χ2n) is 5.93. The molecule has 1 aromatic carbocycles. The van der Waals surface area contributed by atoms with Crippen LogP contribution in [0.25, 0.3) is 0 Å². The number of carbonyl (C=O) groups excluding carboxylic acids is 1. The van der Waals surface area contributed by atoms with Crippen LogP contribution in [-0.2, 0) is 17.8 Å². The summed E-state index contributed by atoms with van der Waals surface area (Å²) in [6, 6.07) is 8.26. The van der Waals surface area contributed by atoms with Crippen LogP contribution in [0.3, 0.4) is 0 Å². The summed E-state index contributed by atoms with van der Waals surface area (Å²) in [5.41, 5.74) is 2.38. The topological polar surface area (TPSA) is 51.1 Å². The Balaban J connectivity index is 1.93. The second kappa shape index (κ2) is 7.40. The quantitative estimate of drug-likeness (QED) is 0.890. The maximum absolute atomic E-state index is 12.0. The van der Waals surface area contributed by atoms with Crippen LogP contribution >= 0.6 is 11.3 Å². The molecule has 0 aliphatic rings. The molecule has 0 saturated carbocycles. The first-order valence-electron chi connectivity index (χ1n) is 7.48. The summed E-state index contributed by atoms with van der Waals surface area (Å²) in [5.74, 6) is 0.478. The smallest absolute Gasteiger partial charge is 0.307 e. The Labute approximate surface area is 134 Å². The number of nitrogens with zero attached hydrogens (tertiary/aromatic N) is 1. The lowest BCUT2D eigenvalue weighted by Crippen LogP contribution is -2.32. The van der Waals surface area contributed by atoms with Crippen molar-refractivity contribution in [3.63, 3.8) is 0 Å². The largest absolute Gasteiger partial charge is 0.348 e. The van der Waals surface area contributed by atoms with E-state index in [1.807, 2.05) is 6.92 Å². The van der Waals surface area contributed by atoms with Crippen molar-refractivity contribution in [1.29, 1.82) is 0 Å². The summed E-state index contributed by atoms with van der Waals surface area (Å²) in [6.45, 7) is 6.41. The van der Waals surface area contributed by atoms with Gasteiger partial charge in [-0.3, -0.25) is 14.2 Å². The van der Waals surface area contributed by atoms with Gasteiger partial charge >= 0.3 is 4.87 Å². The molecular weight excluding hydrogens is 296 g/mol. The zero-order valence-electron chi connectivity index (χ0n) is 13.2. The number of aromatic nitrogens is 1. The van der Waals surface area contributed by atoms with E-state index in [4.69, 9.17) is 0 Å². The van der Waals surface area contributed by atoms with Gasteiger partial charge in [0.25, 0.3) is 0 Å². The highest BCUT2D eigenvalue weighted by Gasteiger charge is 2.11. The number of benzene rings is 1. The third-order valence-electron chi connectivity index (χ3n) is 3.46. The fourth-order valence-electron chi connectivity index (χ4n) is 2.35. The number of thiazole rings is 1. The zero-order chi connectivity index (χ0) is 16.1. The first-order valence-corrected chi connectivity index (χ1v) is 8.36. The Hall–Kier alpha value is -1.88. The first-order chi connectivity index (χ1) is 10.5. The van der Waals surface area contributed by atoms with Gasteiger partial charge < -0.3 is 5.32 Å². The minimum atomic E-state index is -0.153. The highest BCUT2D eigenvalue weighted by molar-refractivity contribution is 7.07. The summed E-state index contributed by atoms with van der Waals surface area (Å²) < 4.78 is 1.42. The molecule has 2 aromatic rings. The van der Waals surface area contributed by atoms with Crippen molar-refractivity contribution in [2.45, 2.75) is 39.8 Å². The maximum atomic E-state index is 12.0. The van der Waals surface area contributed by atoms with E-state index in [1.54, 1.807) is 11.6 Å². The van der Waals surface area contributed by atoms with E-state index in [-0.39, 0.29) is 23.4 Å². The lowest BCUT2D eigenvalue weighted by molar-refractivity contribution is -0.122. The second-order valence-corrected chi connectivity index (χ2v) is 6.78. The SMILES string of the molecule is CC(C)Cc1ccc([C@@H](C)NC(=O)Cn2ccsc2=O)cc1. The van der Waals surface area contributed by atoms with Gasteiger partial charge in [0.05, 0.1) is 6.04 Å². The van der Waals surface area contributed by atoms with Crippen LogP contribution in [0.1, 0.15) is 37.9 Å². The molecular formula is C17H22N2O2S. The van der Waals surface area contributed by atoms with Crippen molar-refractivity contribution in [2.24, 2.45) is 5.92 Å². The Morgan fingerprint density at radius 1 is 1.23 bits per heavy atom. The number of hydrogen-bond donors (Lipinski definition) is 1. The van der Waals surface area contributed by atoms with E-state index < -0.39 is 0 Å². The molecule has 1 atom stereocenters. The summed E-state index contributed by atoms with van der Waals surface area (Å²) in [6.07, 6.45) is 2.69. The van der Waals surface area contributed by atoms with Gasteiger partial charge in [-0.15, -0.1) is 0 Å². The minimum Gasteiger partial charge on any atom is -0.348 e. The van der Waals surface area contributed by atoms with Gasteiger partial charge in [-0.05, 0) is 30.4 Å². The van der Waals surface area contributed by atoms with E-state index >= 15 is 0 Å². The normalized spacial score (nSPS) is 12.4.